The number of hydrogen-bond acceptors (Lipinski definition) is 10. The molecule has 4 aromatic rings. The first-order valence-electron chi connectivity index (χ1n) is 10.9. The van der Waals surface area contributed by atoms with Gasteiger partial charge < -0.3 is 25.1 Å². The van der Waals surface area contributed by atoms with Gasteiger partial charge in [0, 0.05) is 31.0 Å². The van der Waals surface area contributed by atoms with Crippen molar-refractivity contribution < 1.29 is 19.5 Å². The molecule has 0 aliphatic carbocycles. The molecule has 11 nitrogen and oxygen atoms in total. The molecule has 35 heavy (non-hydrogen) atoms. The quantitative estimate of drug-likeness (QED) is 0.156. The third kappa shape index (κ3) is 4.85. The maximum atomic E-state index is 11.2. The van der Waals surface area contributed by atoms with Crippen LogP contribution in [0.15, 0.2) is 58.8 Å². The molecule has 180 valence electrons. The molecular weight excluding hydrogens is 470 g/mol. The van der Waals surface area contributed by atoms with Crippen LogP contribution in [0.5, 0.6) is 11.5 Å². The first-order chi connectivity index (χ1) is 17.1. The number of anilines is 1. The minimum absolute atomic E-state index is 0.162. The number of carbonyl (C=O) groups is 1. The highest BCUT2D eigenvalue weighted by Crippen LogP contribution is 2.44. The van der Waals surface area contributed by atoms with Gasteiger partial charge in [0.2, 0.25) is 12.7 Å². The monoisotopic (exact) mass is 493 g/mol. The van der Waals surface area contributed by atoms with Crippen molar-refractivity contribution in [2.75, 3.05) is 25.6 Å². The van der Waals surface area contributed by atoms with Crippen molar-refractivity contribution in [3.05, 3.63) is 48.8 Å². The Kier molecular flexibility index (Phi) is 6.66. The van der Waals surface area contributed by atoms with E-state index in [4.69, 9.17) is 25.4 Å². The van der Waals surface area contributed by atoms with Gasteiger partial charge in [0.1, 0.15) is 6.33 Å². The van der Waals surface area contributed by atoms with E-state index >= 15 is 0 Å². The number of carbonyl (C=O) groups excluding carboxylic acids is 1. The number of benzene rings is 2. The molecule has 0 saturated heterocycles. The van der Waals surface area contributed by atoms with E-state index in [0.717, 1.165) is 16.0 Å². The molecule has 0 atom stereocenters. The Labute approximate surface area is 204 Å². The van der Waals surface area contributed by atoms with E-state index in [1.807, 2.05) is 47.0 Å². The molecule has 2 aromatic carbocycles. The number of nitrogen functional groups attached to an aromatic ring is 1. The Balaban J connectivity index is 1.48. The van der Waals surface area contributed by atoms with Crippen LogP contribution >= 0.6 is 11.8 Å². The Morgan fingerprint density at radius 3 is 2.74 bits per heavy atom. The van der Waals surface area contributed by atoms with E-state index in [1.54, 1.807) is 5.48 Å². The van der Waals surface area contributed by atoms with Gasteiger partial charge in [-0.2, -0.15) is 0 Å². The summed E-state index contributed by atoms with van der Waals surface area (Å²) in [6, 6.07) is 14.0. The van der Waals surface area contributed by atoms with Gasteiger partial charge in [0.25, 0.3) is 0 Å². The maximum absolute atomic E-state index is 11.2. The van der Waals surface area contributed by atoms with Crippen LogP contribution in [0.3, 0.4) is 0 Å². The second-order valence-electron chi connectivity index (χ2n) is 7.68. The van der Waals surface area contributed by atoms with Crippen molar-refractivity contribution in [2.45, 2.75) is 23.0 Å². The Morgan fingerprint density at radius 2 is 1.94 bits per heavy atom. The van der Waals surface area contributed by atoms with Crippen molar-refractivity contribution in [3.63, 3.8) is 0 Å². The number of ether oxygens (including phenoxy) is 2. The van der Waals surface area contributed by atoms with E-state index in [9.17, 15) is 4.79 Å². The van der Waals surface area contributed by atoms with Crippen LogP contribution in [-0.4, -0.2) is 50.5 Å². The van der Waals surface area contributed by atoms with Gasteiger partial charge in [-0.25, -0.2) is 20.4 Å². The van der Waals surface area contributed by atoms with Crippen molar-refractivity contribution in [2.24, 2.45) is 0 Å². The molecular formula is C23H23N7O4S. The van der Waals surface area contributed by atoms with Gasteiger partial charge in [0.05, 0.1) is 0 Å². The van der Waals surface area contributed by atoms with Crippen molar-refractivity contribution in [1.29, 1.82) is 0 Å². The highest BCUT2D eigenvalue weighted by Gasteiger charge is 2.22. The molecule has 0 bridgehead atoms. The minimum atomic E-state index is -0.446. The summed E-state index contributed by atoms with van der Waals surface area (Å²) in [5, 5.41) is 12.5. The number of amides is 1. The van der Waals surface area contributed by atoms with Crippen LogP contribution in [0.2, 0.25) is 0 Å². The lowest BCUT2D eigenvalue weighted by Gasteiger charge is -2.13. The van der Waals surface area contributed by atoms with Gasteiger partial charge in [-0.05, 0) is 23.3 Å². The molecule has 1 aliphatic heterocycles. The largest absolute Gasteiger partial charge is 0.454 e. The zero-order chi connectivity index (χ0) is 24.2. The van der Waals surface area contributed by atoms with Crippen LogP contribution in [0.4, 0.5) is 5.82 Å². The molecule has 0 fully saturated rings. The standard InChI is InChI=1S/C23H23N7O4S/c24-21-20-22(27-12-26-21)30(9-8-25-7-6-19(31)29-32)23(28-20)35-18-11-17-16(33-13-34-17)10-15(18)14-4-2-1-3-5-14/h1-5,10-12,25,32H,6-9,13H2,(H,29,31)(H2,24,26,27). The average molecular weight is 494 g/mol. The normalized spacial score (nSPS) is 12.3. The number of hydroxylamine groups is 1. The lowest BCUT2D eigenvalue weighted by atomic mass is 10.1. The molecule has 3 heterocycles. The summed E-state index contributed by atoms with van der Waals surface area (Å²) in [4.78, 5) is 25.4. The number of nitrogens with two attached hydrogens (primary N) is 1. The van der Waals surface area contributed by atoms with Gasteiger partial charge in [-0.1, -0.05) is 42.1 Å². The lowest BCUT2D eigenvalue weighted by molar-refractivity contribution is -0.129. The minimum Gasteiger partial charge on any atom is -0.454 e. The predicted octanol–water partition coefficient (Wildman–Crippen LogP) is 2.44. The average Bonchev–Trinajstić information content (AvgIpc) is 3.48. The molecule has 5 N–H and O–H groups in total. The summed E-state index contributed by atoms with van der Waals surface area (Å²) in [7, 11) is 0. The molecule has 1 amide bonds. The number of imidazole rings is 1. The van der Waals surface area contributed by atoms with Crippen LogP contribution in [-0.2, 0) is 11.3 Å². The molecule has 0 spiro atoms. The number of aromatic nitrogens is 4. The van der Waals surface area contributed by atoms with Crippen LogP contribution in [0.25, 0.3) is 22.3 Å². The van der Waals surface area contributed by atoms with Gasteiger partial charge in [0.15, 0.2) is 33.6 Å². The molecule has 0 saturated carbocycles. The second kappa shape index (κ2) is 10.2. The molecule has 0 unspecified atom stereocenters. The number of nitrogens with one attached hydrogen (secondary N) is 2. The number of fused-ring (bicyclic) bond motifs is 2. The fourth-order valence-electron chi connectivity index (χ4n) is 3.74. The molecule has 0 radical (unpaired) electrons. The van der Waals surface area contributed by atoms with E-state index in [-0.39, 0.29) is 13.2 Å². The molecule has 5 rings (SSSR count). The first kappa shape index (κ1) is 22.9. The molecule has 12 heteroatoms. The van der Waals surface area contributed by atoms with Gasteiger partial charge in [-0.15, -0.1) is 0 Å². The Hall–Kier alpha value is -3.87. The second-order valence-corrected chi connectivity index (χ2v) is 8.69. The lowest BCUT2D eigenvalue weighted by Crippen LogP contribution is -2.27. The number of nitrogens with zero attached hydrogens (tertiary/aromatic N) is 4. The van der Waals surface area contributed by atoms with E-state index in [2.05, 4.69) is 15.3 Å². The Bertz CT molecular complexity index is 1360. The van der Waals surface area contributed by atoms with E-state index in [0.29, 0.717) is 53.3 Å². The van der Waals surface area contributed by atoms with E-state index in [1.165, 1.54) is 18.1 Å². The zero-order valence-electron chi connectivity index (χ0n) is 18.6. The van der Waals surface area contributed by atoms with Gasteiger partial charge >= 0.3 is 0 Å². The van der Waals surface area contributed by atoms with Crippen LogP contribution < -0.4 is 26.0 Å². The summed E-state index contributed by atoms with van der Waals surface area (Å²) in [6.45, 7) is 1.68. The first-order valence-corrected chi connectivity index (χ1v) is 11.7. The highest BCUT2D eigenvalue weighted by molar-refractivity contribution is 7.99. The summed E-state index contributed by atoms with van der Waals surface area (Å²) in [6.07, 6.45) is 1.58. The zero-order valence-corrected chi connectivity index (χ0v) is 19.4. The SMILES string of the molecule is Nc1ncnc2c1nc(Sc1cc3c(cc1-c1ccccc1)OCO3)n2CCNCCC(=O)NO. The van der Waals surface area contributed by atoms with Crippen LogP contribution in [0, 0.1) is 0 Å². The topological polar surface area (TPSA) is 149 Å². The van der Waals surface area contributed by atoms with Crippen molar-refractivity contribution in [1.82, 2.24) is 30.3 Å². The number of rotatable bonds is 9. The smallest absolute Gasteiger partial charge is 0.244 e. The maximum Gasteiger partial charge on any atom is 0.244 e. The summed E-state index contributed by atoms with van der Waals surface area (Å²) >= 11 is 1.48. The highest BCUT2D eigenvalue weighted by atomic mass is 32.2. The third-order valence-corrected chi connectivity index (χ3v) is 6.50. The molecule has 1 aliphatic rings. The fourth-order valence-corrected chi connectivity index (χ4v) is 4.81. The third-order valence-electron chi connectivity index (χ3n) is 5.45. The summed E-state index contributed by atoms with van der Waals surface area (Å²) in [5.74, 6) is 1.24. The summed E-state index contributed by atoms with van der Waals surface area (Å²) in [5.41, 5.74) is 10.9. The fraction of sp³-hybridized carbons (Fsp3) is 0.217. The summed E-state index contributed by atoms with van der Waals surface area (Å²) < 4.78 is 13.2. The van der Waals surface area contributed by atoms with Crippen molar-refractivity contribution in [3.8, 4) is 22.6 Å². The van der Waals surface area contributed by atoms with Gasteiger partial charge in [-0.3, -0.25) is 10.0 Å². The van der Waals surface area contributed by atoms with Crippen molar-refractivity contribution >= 4 is 34.7 Å². The van der Waals surface area contributed by atoms with E-state index < -0.39 is 5.91 Å². The predicted molar refractivity (Wildman–Crippen MR) is 129 cm³/mol. The Morgan fingerprint density at radius 1 is 1.14 bits per heavy atom. The van der Waals surface area contributed by atoms with Crippen LogP contribution in [0.1, 0.15) is 6.42 Å². The molecule has 2 aromatic heterocycles. The number of hydrogen-bond donors (Lipinski definition) is 4.